The van der Waals surface area contributed by atoms with Crippen molar-refractivity contribution in [2.75, 3.05) is 18.4 Å². The van der Waals surface area contributed by atoms with Gasteiger partial charge in [0.2, 0.25) is 10.0 Å². The minimum atomic E-state index is -4.65. The number of aryl methyl sites for hydroxylation is 1. The van der Waals surface area contributed by atoms with Gasteiger partial charge in [0.1, 0.15) is 5.69 Å². The number of benzene rings is 1. The number of halogens is 3. The van der Waals surface area contributed by atoms with Crippen LogP contribution in [0.15, 0.2) is 35.2 Å². The van der Waals surface area contributed by atoms with Crippen LogP contribution in [-0.4, -0.2) is 41.5 Å². The second kappa shape index (κ2) is 8.76. The quantitative estimate of drug-likeness (QED) is 0.780. The van der Waals surface area contributed by atoms with E-state index in [-0.39, 0.29) is 16.3 Å². The zero-order valence-corrected chi connectivity index (χ0v) is 17.3. The number of alkyl halides is 3. The lowest BCUT2D eigenvalue weighted by Gasteiger charge is -2.24. The van der Waals surface area contributed by atoms with Crippen molar-refractivity contribution in [3.05, 3.63) is 41.7 Å². The molecule has 1 amide bonds. The Morgan fingerprint density at radius 2 is 1.60 bits per heavy atom. The van der Waals surface area contributed by atoms with Crippen LogP contribution >= 0.6 is 0 Å². The SMILES string of the molecule is Cn1nc(C(F)(F)F)cc1C(=O)Nc1ccc(S(=O)(=O)N2CCCCCCC2)cc1. The van der Waals surface area contributed by atoms with Crippen molar-refractivity contribution in [3.8, 4) is 0 Å². The summed E-state index contributed by atoms with van der Waals surface area (Å²) in [6.45, 7) is 0.950. The summed E-state index contributed by atoms with van der Waals surface area (Å²) in [5.41, 5.74) is -1.16. The van der Waals surface area contributed by atoms with Crippen LogP contribution in [0.3, 0.4) is 0 Å². The van der Waals surface area contributed by atoms with Crippen LogP contribution in [0.1, 0.15) is 48.3 Å². The normalized spacial score (nSPS) is 16.7. The Kier molecular flexibility index (Phi) is 6.51. The summed E-state index contributed by atoms with van der Waals surface area (Å²) < 4.78 is 66.3. The van der Waals surface area contributed by atoms with Gasteiger partial charge in [-0.1, -0.05) is 19.3 Å². The molecule has 0 bridgehead atoms. The molecule has 3 rings (SSSR count). The molecule has 0 radical (unpaired) electrons. The summed E-state index contributed by atoms with van der Waals surface area (Å²) in [5.74, 6) is -0.778. The zero-order valence-electron chi connectivity index (χ0n) is 16.4. The highest BCUT2D eigenvalue weighted by Gasteiger charge is 2.35. The van der Waals surface area contributed by atoms with Gasteiger partial charge in [0.15, 0.2) is 5.69 Å². The molecular weight excluding hydrogens is 421 g/mol. The third-order valence-corrected chi connectivity index (χ3v) is 6.88. The molecule has 164 valence electrons. The number of nitrogens with one attached hydrogen (secondary N) is 1. The molecule has 1 saturated heterocycles. The van der Waals surface area contributed by atoms with E-state index in [2.05, 4.69) is 10.4 Å². The van der Waals surface area contributed by atoms with Crippen molar-refractivity contribution in [2.24, 2.45) is 7.05 Å². The van der Waals surface area contributed by atoms with Gasteiger partial charge in [0, 0.05) is 31.9 Å². The second-order valence-corrected chi connectivity index (χ2v) is 9.12. The van der Waals surface area contributed by atoms with Crippen LogP contribution in [0.4, 0.5) is 18.9 Å². The molecule has 30 heavy (non-hydrogen) atoms. The van der Waals surface area contributed by atoms with Crippen molar-refractivity contribution in [1.82, 2.24) is 14.1 Å². The van der Waals surface area contributed by atoms with Crippen LogP contribution in [0.2, 0.25) is 0 Å². The summed E-state index contributed by atoms with van der Waals surface area (Å²) in [6.07, 6.45) is 0.0974. The lowest BCUT2D eigenvalue weighted by Crippen LogP contribution is -2.33. The topological polar surface area (TPSA) is 84.3 Å². The van der Waals surface area contributed by atoms with E-state index in [9.17, 15) is 26.4 Å². The monoisotopic (exact) mass is 444 g/mol. The molecule has 2 aromatic rings. The van der Waals surface area contributed by atoms with E-state index in [1.165, 1.54) is 35.6 Å². The van der Waals surface area contributed by atoms with Gasteiger partial charge >= 0.3 is 6.18 Å². The first kappa shape index (κ1) is 22.3. The zero-order chi connectivity index (χ0) is 21.9. The number of hydrogen-bond donors (Lipinski definition) is 1. The Bertz CT molecular complexity index is 993. The van der Waals surface area contributed by atoms with Crippen molar-refractivity contribution < 1.29 is 26.4 Å². The maximum Gasteiger partial charge on any atom is 0.435 e. The number of amides is 1. The van der Waals surface area contributed by atoms with E-state index in [0.717, 1.165) is 36.8 Å². The highest BCUT2D eigenvalue weighted by Crippen LogP contribution is 2.28. The van der Waals surface area contributed by atoms with Crippen LogP contribution in [-0.2, 0) is 23.2 Å². The molecule has 0 aliphatic carbocycles. The third kappa shape index (κ3) is 5.01. The summed E-state index contributed by atoms with van der Waals surface area (Å²) in [7, 11) is -2.40. The van der Waals surface area contributed by atoms with Gasteiger partial charge in [-0.25, -0.2) is 8.42 Å². The summed E-state index contributed by atoms with van der Waals surface area (Å²) >= 11 is 0. The fraction of sp³-hybridized carbons (Fsp3) is 0.474. The van der Waals surface area contributed by atoms with E-state index in [4.69, 9.17) is 0 Å². The average Bonchev–Trinajstić information content (AvgIpc) is 3.04. The molecule has 1 N–H and O–H groups in total. The molecule has 0 spiro atoms. The molecule has 7 nitrogen and oxygen atoms in total. The van der Waals surface area contributed by atoms with Gasteiger partial charge in [0.05, 0.1) is 4.90 Å². The number of anilines is 1. The molecule has 1 aliphatic rings. The fourth-order valence-electron chi connectivity index (χ4n) is 3.33. The van der Waals surface area contributed by atoms with Gasteiger partial charge in [0.25, 0.3) is 5.91 Å². The van der Waals surface area contributed by atoms with Crippen molar-refractivity contribution in [2.45, 2.75) is 43.2 Å². The fourth-order valence-corrected chi connectivity index (χ4v) is 4.85. The van der Waals surface area contributed by atoms with E-state index in [1.807, 2.05) is 0 Å². The van der Waals surface area contributed by atoms with Crippen molar-refractivity contribution >= 4 is 21.6 Å². The minimum Gasteiger partial charge on any atom is -0.321 e. The molecule has 0 unspecified atom stereocenters. The molecule has 1 fully saturated rings. The van der Waals surface area contributed by atoms with E-state index < -0.39 is 27.8 Å². The average molecular weight is 444 g/mol. The van der Waals surface area contributed by atoms with Gasteiger partial charge in [-0.2, -0.15) is 22.6 Å². The van der Waals surface area contributed by atoms with E-state index >= 15 is 0 Å². The smallest absolute Gasteiger partial charge is 0.321 e. The second-order valence-electron chi connectivity index (χ2n) is 7.19. The molecule has 2 heterocycles. The van der Waals surface area contributed by atoms with Crippen LogP contribution in [0, 0.1) is 0 Å². The van der Waals surface area contributed by atoms with Crippen molar-refractivity contribution in [1.29, 1.82) is 0 Å². The lowest BCUT2D eigenvalue weighted by atomic mass is 10.1. The molecule has 1 aromatic carbocycles. The Morgan fingerprint density at radius 1 is 1.03 bits per heavy atom. The lowest BCUT2D eigenvalue weighted by molar-refractivity contribution is -0.141. The summed E-state index contributed by atoms with van der Waals surface area (Å²) in [6, 6.07) is 6.25. The Morgan fingerprint density at radius 3 is 2.13 bits per heavy atom. The first-order chi connectivity index (χ1) is 14.1. The first-order valence-corrected chi connectivity index (χ1v) is 11.1. The van der Waals surface area contributed by atoms with Crippen LogP contribution < -0.4 is 5.32 Å². The van der Waals surface area contributed by atoms with E-state index in [0.29, 0.717) is 19.2 Å². The predicted molar refractivity (Wildman–Crippen MR) is 104 cm³/mol. The number of rotatable bonds is 4. The summed E-state index contributed by atoms with van der Waals surface area (Å²) in [4.78, 5) is 12.4. The van der Waals surface area contributed by atoms with E-state index in [1.54, 1.807) is 0 Å². The standard InChI is InChI=1S/C19H23F3N4O3S/c1-25-16(13-17(24-25)19(20,21)22)18(27)23-14-7-9-15(10-8-14)30(28,29)26-11-5-3-2-4-6-12-26/h7-10,13H,2-6,11-12H2,1H3,(H,23,27). The molecule has 11 heteroatoms. The number of carbonyl (C=O) groups is 1. The number of sulfonamides is 1. The molecule has 0 saturated carbocycles. The van der Waals surface area contributed by atoms with Gasteiger partial charge < -0.3 is 5.32 Å². The van der Waals surface area contributed by atoms with Gasteiger partial charge in [-0.3, -0.25) is 9.48 Å². The number of carbonyl (C=O) groups excluding carboxylic acids is 1. The Labute approximate surface area is 172 Å². The summed E-state index contributed by atoms with van der Waals surface area (Å²) in [5, 5.41) is 5.77. The molecule has 0 atom stereocenters. The van der Waals surface area contributed by atoms with Crippen LogP contribution in [0.5, 0.6) is 0 Å². The van der Waals surface area contributed by atoms with Crippen LogP contribution in [0.25, 0.3) is 0 Å². The molecular formula is C19H23F3N4O3S. The third-order valence-electron chi connectivity index (χ3n) is 4.97. The highest BCUT2D eigenvalue weighted by atomic mass is 32.2. The Hall–Kier alpha value is -2.40. The maximum atomic E-state index is 12.9. The number of nitrogens with zero attached hydrogens (tertiary/aromatic N) is 3. The van der Waals surface area contributed by atoms with Gasteiger partial charge in [-0.05, 0) is 37.1 Å². The molecule has 1 aromatic heterocycles. The minimum absolute atomic E-state index is 0.112. The highest BCUT2D eigenvalue weighted by molar-refractivity contribution is 7.89. The molecule has 1 aliphatic heterocycles. The maximum absolute atomic E-state index is 12.9. The van der Waals surface area contributed by atoms with Gasteiger partial charge in [-0.15, -0.1) is 0 Å². The first-order valence-electron chi connectivity index (χ1n) is 9.62. The number of hydrogen-bond acceptors (Lipinski definition) is 4. The largest absolute Gasteiger partial charge is 0.435 e. The number of aromatic nitrogens is 2. The van der Waals surface area contributed by atoms with Crippen molar-refractivity contribution in [3.63, 3.8) is 0 Å². The Balaban J connectivity index is 1.72. The predicted octanol–water partition coefficient (Wildman–Crippen LogP) is 3.65.